The van der Waals surface area contributed by atoms with Crippen LogP contribution < -0.4 is 5.32 Å². The molecule has 0 heterocycles. The quantitative estimate of drug-likeness (QED) is 0.816. The van der Waals surface area contributed by atoms with Crippen molar-refractivity contribution in [1.82, 2.24) is 5.32 Å². The van der Waals surface area contributed by atoms with Gasteiger partial charge < -0.3 is 5.32 Å². The zero-order valence-corrected chi connectivity index (χ0v) is 11.4. The number of hydrogen-bond acceptors (Lipinski definition) is 1. The molecule has 2 rings (SSSR count). The van der Waals surface area contributed by atoms with Gasteiger partial charge in [-0.3, -0.25) is 0 Å². The third-order valence-corrected chi connectivity index (χ3v) is 3.22. The molecular formula is C16H16F3N. The summed E-state index contributed by atoms with van der Waals surface area (Å²) in [7, 11) is 0. The minimum atomic E-state index is -1.18. The van der Waals surface area contributed by atoms with Crippen LogP contribution in [0.25, 0.3) is 11.1 Å². The fraction of sp³-hybridized carbons (Fsp3) is 0.250. The molecule has 0 aliphatic carbocycles. The molecule has 106 valence electrons. The van der Waals surface area contributed by atoms with E-state index in [0.29, 0.717) is 11.6 Å². The van der Waals surface area contributed by atoms with Gasteiger partial charge in [0.15, 0.2) is 11.6 Å². The molecule has 0 aliphatic heterocycles. The Bertz CT molecular complexity index is 611. The lowest BCUT2D eigenvalue weighted by molar-refractivity contribution is 0.496. The molecule has 0 saturated carbocycles. The molecular weight excluding hydrogens is 263 g/mol. The molecule has 0 fully saturated rings. The summed E-state index contributed by atoms with van der Waals surface area (Å²) in [6.45, 7) is 4.80. The number of halogens is 3. The van der Waals surface area contributed by atoms with Crippen molar-refractivity contribution >= 4 is 0 Å². The van der Waals surface area contributed by atoms with Crippen LogP contribution in [0.5, 0.6) is 0 Å². The normalized spacial score (nSPS) is 12.4. The third-order valence-electron chi connectivity index (χ3n) is 3.22. The molecule has 0 bridgehead atoms. The van der Waals surface area contributed by atoms with Gasteiger partial charge >= 0.3 is 0 Å². The van der Waals surface area contributed by atoms with Crippen LogP contribution in [0.4, 0.5) is 13.2 Å². The molecule has 0 aliphatic rings. The first-order chi connectivity index (χ1) is 9.52. The lowest BCUT2D eigenvalue weighted by Crippen LogP contribution is -2.17. The maximum absolute atomic E-state index is 13.8. The van der Waals surface area contributed by atoms with Crippen molar-refractivity contribution in [2.75, 3.05) is 6.54 Å². The number of nitrogens with one attached hydrogen (secondary N) is 1. The summed E-state index contributed by atoms with van der Waals surface area (Å²) in [6, 6.07) is 8.72. The largest absolute Gasteiger partial charge is 0.310 e. The van der Waals surface area contributed by atoms with Gasteiger partial charge in [0.2, 0.25) is 0 Å². The molecule has 20 heavy (non-hydrogen) atoms. The molecule has 1 unspecified atom stereocenters. The van der Waals surface area contributed by atoms with Gasteiger partial charge in [0.05, 0.1) is 0 Å². The minimum Gasteiger partial charge on any atom is -0.310 e. The molecule has 0 spiro atoms. The lowest BCUT2D eigenvalue weighted by Gasteiger charge is -2.14. The van der Waals surface area contributed by atoms with Gasteiger partial charge in [-0.1, -0.05) is 25.1 Å². The maximum atomic E-state index is 13.8. The summed E-state index contributed by atoms with van der Waals surface area (Å²) >= 11 is 0. The van der Waals surface area contributed by atoms with Crippen molar-refractivity contribution in [2.24, 2.45) is 0 Å². The van der Waals surface area contributed by atoms with E-state index >= 15 is 0 Å². The van der Waals surface area contributed by atoms with Crippen LogP contribution in [-0.2, 0) is 0 Å². The van der Waals surface area contributed by atoms with Crippen molar-refractivity contribution < 1.29 is 13.2 Å². The second-order valence-corrected chi connectivity index (χ2v) is 4.65. The summed E-state index contributed by atoms with van der Waals surface area (Å²) in [5.74, 6) is -2.99. The molecule has 0 aromatic heterocycles. The van der Waals surface area contributed by atoms with Gasteiger partial charge in [-0.25, -0.2) is 13.2 Å². The van der Waals surface area contributed by atoms with E-state index in [1.54, 1.807) is 18.2 Å². The van der Waals surface area contributed by atoms with E-state index in [1.165, 1.54) is 0 Å². The van der Waals surface area contributed by atoms with E-state index in [0.717, 1.165) is 18.2 Å². The Hall–Kier alpha value is -1.81. The number of rotatable bonds is 4. The maximum Gasteiger partial charge on any atom is 0.161 e. The fourth-order valence-corrected chi connectivity index (χ4v) is 2.14. The second kappa shape index (κ2) is 6.09. The molecule has 4 heteroatoms. The molecule has 2 aromatic carbocycles. The van der Waals surface area contributed by atoms with Crippen LogP contribution in [0.15, 0.2) is 36.4 Å². The zero-order chi connectivity index (χ0) is 14.7. The number of benzene rings is 2. The lowest BCUT2D eigenvalue weighted by atomic mass is 9.99. The molecule has 1 N–H and O–H groups in total. The van der Waals surface area contributed by atoms with Gasteiger partial charge in [0, 0.05) is 17.7 Å². The second-order valence-electron chi connectivity index (χ2n) is 4.65. The molecule has 2 aromatic rings. The standard InChI is InChI=1S/C16H16F3N/c1-3-20-10(2)11-5-4-6-12(7-11)13-8-15(18)16(19)9-14(13)17/h4-10,20H,3H2,1-2H3. The Morgan fingerprint density at radius 1 is 1.00 bits per heavy atom. The van der Waals surface area contributed by atoms with Crippen LogP contribution in [0.2, 0.25) is 0 Å². The van der Waals surface area contributed by atoms with Gasteiger partial charge in [-0.15, -0.1) is 0 Å². The van der Waals surface area contributed by atoms with Crippen LogP contribution in [0.3, 0.4) is 0 Å². The van der Waals surface area contributed by atoms with E-state index in [4.69, 9.17) is 0 Å². The van der Waals surface area contributed by atoms with Crippen LogP contribution in [0, 0.1) is 17.5 Å². The molecule has 0 radical (unpaired) electrons. The zero-order valence-electron chi connectivity index (χ0n) is 11.4. The fourth-order valence-electron chi connectivity index (χ4n) is 2.14. The van der Waals surface area contributed by atoms with E-state index in [1.807, 2.05) is 19.9 Å². The van der Waals surface area contributed by atoms with Gasteiger partial charge in [-0.2, -0.15) is 0 Å². The third kappa shape index (κ3) is 3.02. The van der Waals surface area contributed by atoms with Crippen LogP contribution in [-0.4, -0.2) is 6.54 Å². The Labute approximate surface area is 116 Å². The summed E-state index contributed by atoms with van der Waals surface area (Å²) in [5.41, 5.74) is 1.56. The monoisotopic (exact) mass is 279 g/mol. The number of hydrogen-bond donors (Lipinski definition) is 1. The summed E-state index contributed by atoms with van der Waals surface area (Å²) in [4.78, 5) is 0. The van der Waals surface area contributed by atoms with Crippen molar-refractivity contribution in [2.45, 2.75) is 19.9 Å². The van der Waals surface area contributed by atoms with Gasteiger partial charge in [-0.05, 0) is 36.7 Å². The highest BCUT2D eigenvalue weighted by Gasteiger charge is 2.12. The van der Waals surface area contributed by atoms with Crippen molar-refractivity contribution in [1.29, 1.82) is 0 Å². The highest BCUT2D eigenvalue weighted by atomic mass is 19.2. The summed E-state index contributed by atoms with van der Waals surface area (Å²) in [6.07, 6.45) is 0. The predicted molar refractivity (Wildman–Crippen MR) is 73.8 cm³/mol. The molecule has 1 nitrogen and oxygen atoms in total. The first-order valence-corrected chi connectivity index (χ1v) is 6.51. The van der Waals surface area contributed by atoms with E-state index in [2.05, 4.69) is 5.32 Å². The van der Waals surface area contributed by atoms with E-state index in [9.17, 15) is 13.2 Å². The highest BCUT2D eigenvalue weighted by Crippen LogP contribution is 2.27. The average molecular weight is 279 g/mol. The summed E-state index contributed by atoms with van der Waals surface area (Å²) in [5, 5.41) is 3.25. The molecule has 0 saturated heterocycles. The highest BCUT2D eigenvalue weighted by molar-refractivity contribution is 5.65. The van der Waals surface area contributed by atoms with Crippen molar-refractivity contribution in [3.8, 4) is 11.1 Å². The van der Waals surface area contributed by atoms with Crippen LogP contribution >= 0.6 is 0 Å². The molecule has 1 atom stereocenters. The topological polar surface area (TPSA) is 12.0 Å². The predicted octanol–water partition coefficient (Wildman–Crippen LogP) is 4.44. The van der Waals surface area contributed by atoms with Gasteiger partial charge in [0.25, 0.3) is 0 Å². The Morgan fingerprint density at radius 3 is 2.40 bits per heavy atom. The Balaban J connectivity index is 2.43. The van der Waals surface area contributed by atoms with Crippen molar-refractivity contribution in [3.05, 3.63) is 59.4 Å². The smallest absolute Gasteiger partial charge is 0.161 e. The van der Waals surface area contributed by atoms with Gasteiger partial charge in [0.1, 0.15) is 5.82 Å². The van der Waals surface area contributed by atoms with E-state index < -0.39 is 17.5 Å². The Morgan fingerprint density at radius 2 is 1.70 bits per heavy atom. The average Bonchev–Trinajstić information content (AvgIpc) is 2.43. The SMILES string of the molecule is CCNC(C)c1cccc(-c2cc(F)c(F)cc2F)c1. The first kappa shape index (κ1) is 14.6. The summed E-state index contributed by atoms with van der Waals surface area (Å²) < 4.78 is 40.0. The first-order valence-electron chi connectivity index (χ1n) is 6.51. The minimum absolute atomic E-state index is 0.0643. The molecule has 0 amide bonds. The van der Waals surface area contributed by atoms with Crippen LogP contribution in [0.1, 0.15) is 25.5 Å². The van der Waals surface area contributed by atoms with Crippen molar-refractivity contribution in [3.63, 3.8) is 0 Å². The van der Waals surface area contributed by atoms with E-state index in [-0.39, 0.29) is 11.6 Å². The Kier molecular flexibility index (Phi) is 4.45.